The fourth-order valence-electron chi connectivity index (χ4n) is 1.87. The highest BCUT2D eigenvalue weighted by atomic mass is 19.1. The van der Waals surface area contributed by atoms with E-state index in [1.807, 2.05) is 0 Å². The molecule has 1 atom stereocenters. The van der Waals surface area contributed by atoms with E-state index in [1.54, 1.807) is 27.7 Å². The van der Waals surface area contributed by atoms with E-state index in [1.165, 1.54) is 6.07 Å². The zero-order valence-corrected chi connectivity index (χ0v) is 11.2. The van der Waals surface area contributed by atoms with Gasteiger partial charge in [-0.15, -0.1) is 0 Å². The molecular formula is C13H15FN2O3. The molecule has 1 aliphatic heterocycles. The van der Waals surface area contributed by atoms with Crippen LogP contribution in [-0.2, 0) is 9.53 Å². The Morgan fingerprint density at radius 1 is 1.47 bits per heavy atom. The summed E-state index contributed by atoms with van der Waals surface area (Å²) in [5.41, 5.74) is -0.320. The Kier molecular flexibility index (Phi) is 3.04. The smallest absolute Gasteiger partial charge is 0.423 e. The highest BCUT2D eigenvalue weighted by Gasteiger charge is 2.41. The van der Waals surface area contributed by atoms with E-state index >= 15 is 0 Å². The fraction of sp³-hybridized carbons (Fsp3) is 0.462. The lowest BCUT2D eigenvalue weighted by atomic mass is 10.1. The Morgan fingerprint density at radius 2 is 2.11 bits per heavy atom. The monoisotopic (exact) mass is 266 g/mol. The van der Waals surface area contributed by atoms with Gasteiger partial charge in [0.25, 0.3) is 0 Å². The summed E-state index contributed by atoms with van der Waals surface area (Å²) in [6.45, 7) is 6.71. The van der Waals surface area contributed by atoms with E-state index in [-0.39, 0.29) is 5.82 Å². The molecule has 0 radical (unpaired) electrons. The first-order valence-electron chi connectivity index (χ1n) is 5.93. The molecular weight excluding hydrogens is 251 g/mol. The van der Waals surface area contributed by atoms with Crippen LogP contribution in [0.3, 0.4) is 0 Å². The first-order valence-corrected chi connectivity index (χ1v) is 5.93. The van der Waals surface area contributed by atoms with Crippen molar-refractivity contribution in [1.82, 2.24) is 4.98 Å². The fourth-order valence-corrected chi connectivity index (χ4v) is 1.87. The number of hydrogen-bond donors (Lipinski definition) is 0. The highest BCUT2D eigenvalue weighted by molar-refractivity contribution is 6.18. The van der Waals surface area contributed by atoms with Gasteiger partial charge >= 0.3 is 6.09 Å². The molecule has 102 valence electrons. The molecule has 0 bridgehead atoms. The van der Waals surface area contributed by atoms with E-state index in [9.17, 15) is 14.0 Å². The van der Waals surface area contributed by atoms with E-state index in [4.69, 9.17) is 4.74 Å². The van der Waals surface area contributed by atoms with Gasteiger partial charge in [-0.25, -0.2) is 14.2 Å². The quantitative estimate of drug-likeness (QED) is 0.724. The standard InChI is InChI=1S/C13H15FN2O3/c1-7-9-5-8(14)6-15-10(9)16(11(7)17)12(18)19-13(2,3)4/h5-7H,1-4H3. The Hall–Kier alpha value is -1.98. The lowest BCUT2D eigenvalue weighted by molar-refractivity contribution is -0.118. The third-order valence-electron chi connectivity index (χ3n) is 2.71. The van der Waals surface area contributed by atoms with Gasteiger partial charge in [-0.3, -0.25) is 4.79 Å². The summed E-state index contributed by atoms with van der Waals surface area (Å²) < 4.78 is 18.3. The van der Waals surface area contributed by atoms with Gasteiger partial charge in [0.15, 0.2) is 0 Å². The van der Waals surface area contributed by atoms with Crippen LogP contribution in [0.4, 0.5) is 15.0 Å². The minimum absolute atomic E-state index is 0.146. The summed E-state index contributed by atoms with van der Waals surface area (Å²) >= 11 is 0. The maximum absolute atomic E-state index is 13.2. The van der Waals surface area contributed by atoms with Gasteiger partial charge in [0.1, 0.15) is 17.2 Å². The summed E-state index contributed by atoms with van der Waals surface area (Å²) in [6, 6.07) is 1.22. The normalized spacial score (nSPS) is 18.5. The van der Waals surface area contributed by atoms with Crippen molar-refractivity contribution in [2.45, 2.75) is 39.2 Å². The number of anilines is 1. The Bertz CT molecular complexity index is 551. The van der Waals surface area contributed by atoms with Gasteiger partial charge in [0.05, 0.1) is 12.1 Å². The number of carbonyl (C=O) groups is 2. The molecule has 1 unspecified atom stereocenters. The van der Waals surface area contributed by atoms with Crippen molar-refractivity contribution in [2.75, 3.05) is 4.90 Å². The number of hydrogen-bond acceptors (Lipinski definition) is 4. The molecule has 6 heteroatoms. The van der Waals surface area contributed by atoms with Gasteiger partial charge in [-0.05, 0) is 33.8 Å². The Morgan fingerprint density at radius 3 is 2.68 bits per heavy atom. The van der Waals surface area contributed by atoms with Crippen molar-refractivity contribution in [3.63, 3.8) is 0 Å². The topological polar surface area (TPSA) is 59.5 Å². The molecule has 0 fully saturated rings. The summed E-state index contributed by atoms with van der Waals surface area (Å²) in [5.74, 6) is -1.45. The average molecular weight is 266 g/mol. The second-order valence-electron chi connectivity index (χ2n) is 5.44. The van der Waals surface area contributed by atoms with Crippen LogP contribution in [0.1, 0.15) is 39.2 Å². The molecule has 1 aromatic rings. The van der Waals surface area contributed by atoms with Gasteiger partial charge in [0, 0.05) is 5.56 Å². The van der Waals surface area contributed by atoms with Crippen molar-refractivity contribution in [3.05, 3.63) is 23.6 Å². The molecule has 5 nitrogen and oxygen atoms in total. The summed E-state index contributed by atoms with van der Waals surface area (Å²) in [5, 5.41) is 0. The number of imide groups is 1. The highest BCUT2D eigenvalue weighted by Crippen LogP contribution is 2.36. The van der Waals surface area contributed by atoms with Gasteiger partial charge in [0.2, 0.25) is 5.91 Å². The van der Waals surface area contributed by atoms with Crippen molar-refractivity contribution < 1.29 is 18.7 Å². The third-order valence-corrected chi connectivity index (χ3v) is 2.71. The van der Waals surface area contributed by atoms with Crippen LogP contribution in [0.2, 0.25) is 0 Å². The number of rotatable bonds is 0. The van der Waals surface area contributed by atoms with Crippen LogP contribution in [-0.4, -0.2) is 22.6 Å². The summed E-state index contributed by atoms with van der Waals surface area (Å²) in [7, 11) is 0. The molecule has 0 saturated carbocycles. The molecule has 1 aliphatic rings. The Balaban J connectivity index is 2.39. The van der Waals surface area contributed by atoms with Gasteiger partial charge < -0.3 is 4.74 Å². The number of halogens is 1. The first-order chi connectivity index (χ1) is 8.70. The number of nitrogens with zero attached hydrogens (tertiary/aromatic N) is 2. The summed E-state index contributed by atoms with van der Waals surface area (Å²) in [4.78, 5) is 28.8. The zero-order valence-electron chi connectivity index (χ0n) is 11.2. The van der Waals surface area contributed by atoms with Gasteiger partial charge in [-0.1, -0.05) is 0 Å². The molecule has 19 heavy (non-hydrogen) atoms. The molecule has 0 saturated heterocycles. The number of aromatic nitrogens is 1. The minimum atomic E-state index is -0.790. The largest absolute Gasteiger partial charge is 0.443 e. The van der Waals surface area contributed by atoms with Crippen LogP contribution < -0.4 is 4.90 Å². The molecule has 0 aliphatic carbocycles. The number of fused-ring (bicyclic) bond motifs is 1. The SMILES string of the molecule is CC1C(=O)N(C(=O)OC(C)(C)C)c2ncc(F)cc21. The maximum atomic E-state index is 13.2. The molecule has 1 aromatic heterocycles. The summed E-state index contributed by atoms with van der Waals surface area (Å²) in [6.07, 6.45) is 0.184. The zero-order chi connectivity index (χ0) is 14.4. The van der Waals surface area contributed by atoms with Crippen LogP contribution in [0, 0.1) is 5.82 Å². The second kappa shape index (κ2) is 4.29. The van der Waals surface area contributed by atoms with Gasteiger partial charge in [-0.2, -0.15) is 4.90 Å². The van der Waals surface area contributed by atoms with Crippen molar-refractivity contribution in [3.8, 4) is 0 Å². The van der Waals surface area contributed by atoms with Crippen LogP contribution in [0.25, 0.3) is 0 Å². The van der Waals surface area contributed by atoms with Crippen molar-refractivity contribution >= 4 is 17.8 Å². The molecule has 0 aromatic carbocycles. The maximum Gasteiger partial charge on any atom is 0.423 e. The molecule has 2 amide bonds. The predicted octanol–water partition coefficient (Wildman–Crippen LogP) is 2.61. The first kappa shape index (κ1) is 13.5. The van der Waals surface area contributed by atoms with E-state index in [2.05, 4.69) is 4.98 Å². The van der Waals surface area contributed by atoms with Crippen molar-refractivity contribution in [1.29, 1.82) is 0 Å². The minimum Gasteiger partial charge on any atom is -0.443 e. The number of pyridine rings is 1. The molecule has 0 spiro atoms. The number of ether oxygens (including phenoxy) is 1. The van der Waals surface area contributed by atoms with E-state index < -0.39 is 29.3 Å². The third kappa shape index (κ3) is 2.43. The van der Waals surface area contributed by atoms with Crippen LogP contribution in [0.15, 0.2) is 12.3 Å². The predicted molar refractivity (Wildman–Crippen MR) is 66.3 cm³/mol. The lowest BCUT2D eigenvalue weighted by Crippen LogP contribution is -2.39. The molecule has 0 N–H and O–H groups in total. The van der Waals surface area contributed by atoms with E-state index in [0.717, 1.165) is 11.1 Å². The van der Waals surface area contributed by atoms with E-state index in [0.29, 0.717) is 5.56 Å². The Labute approximate surface area is 110 Å². The molecule has 2 rings (SSSR count). The lowest BCUT2D eigenvalue weighted by Gasteiger charge is -2.23. The molecule has 2 heterocycles. The average Bonchev–Trinajstić information content (AvgIpc) is 2.50. The number of carbonyl (C=O) groups excluding carboxylic acids is 2. The van der Waals surface area contributed by atoms with Crippen molar-refractivity contribution in [2.24, 2.45) is 0 Å². The second-order valence-corrected chi connectivity index (χ2v) is 5.44. The number of amides is 2. The van der Waals surface area contributed by atoms with Crippen LogP contribution >= 0.6 is 0 Å². The van der Waals surface area contributed by atoms with Crippen LogP contribution in [0.5, 0.6) is 0 Å².